The largest absolute Gasteiger partial charge is 0.313 e. The number of benzene rings is 2. The Morgan fingerprint density at radius 3 is 2.54 bits per heavy atom. The van der Waals surface area contributed by atoms with Crippen LogP contribution in [0.4, 0.5) is 0 Å². The first-order valence-electron chi connectivity index (χ1n) is 8.21. The minimum Gasteiger partial charge on any atom is -0.313 e. The fourth-order valence-electron chi connectivity index (χ4n) is 2.81. The maximum absolute atomic E-state index is 13.1. The average Bonchev–Trinajstić information content (AvgIpc) is 2.91. The lowest BCUT2D eigenvalue weighted by molar-refractivity contribution is -0.110. The van der Waals surface area contributed by atoms with Crippen LogP contribution < -0.4 is 5.32 Å². The molecule has 1 aliphatic heterocycles. The number of halogens is 1. The van der Waals surface area contributed by atoms with Crippen molar-refractivity contribution in [1.82, 2.24) is 5.32 Å². The topological polar surface area (TPSA) is 29.1 Å². The van der Waals surface area contributed by atoms with Crippen LogP contribution >= 0.6 is 11.6 Å². The normalized spacial score (nSPS) is 15.5. The molecule has 1 N–H and O–H groups in total. The van der Waals surface area contributed by atoms with E-state index in [2.05, 4.69) is 5.32 Å². The summed E-state index contributed by atoms with van der Waals surface area (Å²) in [6, 6.07) is 17.4. The molecule has 0 radical (unpaired) electrons. The second-order valence-corrected chi connectivity index (χ2v) is 6.28. The van der Waals surface area contributed by atoms with E-state index in [-0.39, 0.29) is 5.78 Å². The molecule has 0 aromatic heterocycles. The first-order chi connectivity index (χ1) is 11.7. The Labute approximate surface area is 147 Å². The first-order valence-corrected chi connectivity index (χ1v) is 8.59. The van der Waals surface area contributed by atoms with E-state index in [4.69, 9.17) is 11.6 Å². The number of carbonyl (C=O) groups excluding carboxylic acids is 1. The molecule has 0 atom stereocenters. The van der Waals surface area contributed by atoms with E-state index in [9.17, 15) is 4.79 Å². The summed E-state index contributed by atoms with van der Waals surface area (Å²) < 4.78 is 0. The Morgan fingerprint density at radius 2 is 1.79 bits per heavy atom. The lowest BCUT2D eigenvalue weighted by Crippen LogP contribution is -2.12. The SMILES string of the molecule is O=C(C1=CCNCCC1)/C(=C/c1ccc(Cl)cc1)c1ccccc1. The van der Waals surface area contributed by atoms with Crippen molar-refractivity contribution < 1.29 is 4.79 Å². The molecule has 0 saturated heterocycles. The van der Waals surface area contributed by atoms with Gasteiger partial charge in [0.05, 0.1) is 0 Å². The summed E-state index contributed by atoms with van der Waals surface area (Å²) in [7, 11) is 0. The first kappa shape index (κ1) is 16.7. The molecule has 0 fully saturated rings. The maximum atomic E-state index is 13.1. The van der Waals surface area contributed by atoms with Crippen LogP contribution in [0, 0.1) is 0 Å². The van der Waals surface area contributed by atoms with E-state index in [0.29, 0.717) is 5.02 Å². The highest BCUT2D eigenvalue weighted by molar-refractivity contribution is 6.32. The van der Waals surface area contributed by atoms with Gasteiger partial charge in [-0.25, -0.2) is 0 Å². The van der Waals surface area contributed by atoms with Crippen molar-refractivity contribution in [2.75, 3.05) is 13.1 Å². The Hall–Kier alpha value is -2.16. The molecule has 1 aliphatic rings. The van der Waals surface area contributed by atoms with Crippen LogP contribution in [0.5, 0.6) is 0 Å². The van der Waals surface area contributed by atoms with E-state index in [1.165, 1.54) is 0 Å². The van der Waals surface area contributed by atoms with E-state index in [0.717, 1.165) is 48.2 Å². The van der Waals surface area contributed by atoms with Gasteiger partial charge in [-0.2, -0.15) is 0 Å². The Balaban J connectivity index is 2.00. The highest BCUT2D eigenvalue weighted by Gasteiger charge is 2.17. The molecule has 0 aliphatic carbocycles. The van der Waals surface area contributed by atoms with Gasteiger partial charge in [0.15, 0.2) is 5.78 Å². The minimum absolute atomic E-state index is 0.111. The van der Waals surface area contributed by atoms with Crippen molar-refractivity contribution in [1.29, 1.82) is 0 Å². The van der Waals surface area contributed by atoms with Crippen molar-refractivity contribution >= 4 is 29.0 Å². The van der Waals surface area contributed by atoms with Gasteiger partial charge in [0.25, 0.3) is 0 Å². The van der Waals surface area contributed by atoms with Gasteiger partial charge in [-0.15, -0.1) is 0 Å². The molecule has 1 heterocycles. The van der Waals surface area contributed by atoms with Crippen LogP contribution in [0.15, 0.2) is 66.2 Å². The Bertz CT molecular complexity index is 760. The third-order valence-corrected chi connectivity index (χ3v) is 4.35. The molecular formula is C21H20ClNO. The number of ketones is 1. The number of allylic oxidation sites excluding steroid dienone is 2. The van der Waals surface area contributed by atoms with Crippen molar-refractivity contribution in [2.45, 2.75) is 12.8 Å². The predicted octanol–water partition coefficient (Wildman–Crippen LogP) is 4.76. The number of nitrogens with one attached hydrogen (secondary N) is 1. The van der Waals surface area contributed by atoms with Gasteiger partial charge in [-0.05, 0) is 54.3 Å². The molecule has 2 aromatic carbocycles. The predicted molar refractivity (Wildman–Crippen MR) is 101 cm³/mol. The zero-order valence-corrected chi connectivity index (χ0v) is 14.2. The molecule has 2 nitrogen and oxygen atoms in total. The highest BCUT2D eigenvalue weighted by atomic mass is 35.5. The van der Waals surface area contributed by atoms with E-state index < -0.39 is 0 Å². The van der Waals surface area contributed by atoms with E-state index in [1.807, 2.05) is 66.7 Å². The van der Waals surface area contributed by atoms with Gasteiger partial charge in [-0.3, -0.25) is 4.79 Å². The van der Waals surface area contributed by atoms with Crippen molar-refractivity contribution in [3.8, 4) is 0 Å². The van der Waals surface area contributed by atoms with Gasteiger partial charge in [0, 0.05) is 17.1 Å². The number of rotatable bonds is 4. The van der Waals surface area contributed by atoms with Crippen LogP contribution in [-0.4, -0.2) is 18.9 Å². The van der Waals surface area contributed by atoms with Crippen LogP contribution in [0.3, 0.4) is 0 Å². The molecule has 3 rings (SSSR count). The second-order valence-electron chi connectivity index (χ2n) is 5.84. The quantitative estimate of drug-likeness (QED) is 0.643. The minimum atomic E-state index is 0.111. The third kappa shape index (κ3) is 4.22. The second kappa shape index (κ2) is 8.09. The molecule has 3 heteroatoms. The maximum Gasteiger partial charge on any atom is 0.189 e. The van der Waals surface area contributed by atoms with Gasteiger partial charge in [0.1, 0.15) is 0 Å². The summed E-state index contributed by atoms with van der Waals surface area (Å²) in [6.45, 7) is 1.71. The number of Topliss-reactive ketones (excluding diaryl/α,β-unsaturated/α-hetero) is 1. The lowest BCUT2D eigenvalue weighted by atomic mass is 9.92. The summed E-state index contributed by atoms with van der Waals surface area (Å²) in [6.07, 6.45) is 5.78. The van der Waals surface area contributed by atoms with Crippen LogP contribution in [0.1, 0.15) is 24.0 Å². The molecule has 24 heavy (non-hydrogen) atoms. The van der Waals surface area contributed by atoms with Crippen LogP contribution in [0.25, 0.3) is 11.6 Å². The molecule has 0 saturated carbocycles. The summed E-state index contributed by atoms with van der Waals surface area (Å²) in [5, 5.41) is 4.00. The standard InChI is InChI=1S/C21H20ClNO/c22-19-10-8-16(9-11-19)15-20(17-5-2-1-3-6-17)21(24)18-7-4-13-23-14-12-18/h1-3,5-6,8-12,15,23H,4,7,13-14H2/b20-15+. The van der Waals surface area contributed by atoms with Crippen molar-refractivity contribution in [3.63, 3.8) is 0 Å². The van der Waals surface area contributed by atoms with Crippen molar-refractivity contribution in [2.24, 2.45) is 0 Å². The van der Waals surface area contributed by atoms with Crippen molar-refractivity contribution in [3.05, 3.63) is 82.4 Å². The molecule has 0 bridgehead atoms. The van der Waals surface area contributed by atoms with Crippen LogP contribution in [-0.2, 0) is 4.79 Å². The Morgan fingerprint density at radius 1 is 1.04 bits per heavy atom. The van der Waals surface area contributed by atoms with Crippen LogP contribution in [0.2, 0.25) is 5.02 Å². The van der Waals surface area contributed by atoms with Gasteiger partial charge < -0.3 is 5.32 Å². The smallest absolute Gasteiger partial charge is 0.189 e. The summed E-state index contributed by atoms with van der Waals surface area (Å²) in [4.78, 5) is 13.1. The monoisotopic (exact) mass is 337 g/mol. The van der Waals surface area contributed by atoms with E-state index >= 15 is 0 Å². The highest BCUT2D eigenvalue weighted by Crippen LogP contribution is 2.25. The summed E-state index contributed by atoms with van der Waals surface area (Å²) in [5.74, 6) is 0.111. The van der Waals surface area contributed by atoms with Gasteiger partial charge >= 0.3 is 0 Å². The number of hydrogen-bond acceptors (Lipinski definition) is 2. The fourth-order valence-corrected chi connectivity index (χ4v) is 2.93. The summed E-state index contributed by atoms with van der Waals surface area (Å²) in [5.41, 5.74) is 3.53. The number of hydrogen-bond donors (Lipinski definition) is 1. The summed E-state index contributed by atoms with van der Waals surface area (Å²) >= 11 is 5.96. The molecule has 122 valence electrons. The zero-order valence-electron chi connectivity index (χ0n) is 13.5. The lowest BCUT2D eigenvalue weighted by Gasteiger charge is -2.10. The third-order valence-electron chi connectivity index (χ3n) is 4.09. The zero-order chi connectivity index (χ0) is 16.8. The molecular weight excluding hydrogens is 318 g/mol. The Kier molecular flexibility index (Phi) is 5.63. The van der Waals surface area contributed by atoms with Gasteiger partial charge in [-0.1, -0.05) is 60.1 Å². The fraction of sp³-hybridized carbons (Fsp3) is 0.190. The molecule has 0 amide bonds. The molecule has 2 aromatic rings. The van der Waals surface area contributed by atoms with E-state index in [1.54, 1.807) is 0 Å². The number of carbonyl (C=O) groups is 1. The molecule has 0 spiro atoms. The molecule has 0 unspecified atom stereocenters. The van der Waals surface area contributed by atoms with Gasteiger partial charge in [0.2, 0.25) is 0 Å². The average molecular weight is 338 g/mol.